The number of carbonyl (C=O) groups excluding carboxylic acids is 1. The highest BCUT2D eigenvalue weighted by molar-refractivity contribution is 5.83. The zero-order valence-corrected chi connectivity index (χ0v) is 11.9. The minimum atomic E-state index is -0.902. The summed E-state index contributed by atoms with van der Waals surface area (Å²) in [6.07, 6.45) is 2.31. The Morgan fingerprint density at radius 1 is 1.17 bits per heavy atom. The first kappa shape index (κ1) is 17.4. The summed E-state index contributed by atoms with van der Waals surface area (Å²) >= 11 is 0. The van der Waals surface area contributed by atoms with Crippen molar-refractivity contribution in [1.29, 1.82) is 0 Å². The summed E-state index contributed by atoms with van der Waals surface area (Å²) in [6, 6.07) is 0. The van der Waals surface area contributed by atoms with Gasteiger partial charge in [-0.15, -0.1) is 0 Å². The van der Waals surface area contributed by atoms with Crippen LogP contribution in [0.3, 0.4) is 0 Å². The predicted molar refractivity (Wildman–Crippen MR) is 72.1 cm³/mol. The molecule has 0 aliphatic heterocycles. The number of carbonyl (C=O) groups is 1. The van der Waals surface area contributed by atoms with E-state index in [1.54, 1.807) is 6.92 Å². The Bertz CT molecular complexity index is 230. The van der Waals surface area contributed by atoms with Gasteiger partial charge in [-0.2, -0.15) is 0 Å². The van der Waals surface area contributed by atoms with Crippen LogP contribution in [0.1, 0.15) is 40.0 Å². The lowest BCUT2D eigenvalue weighted by Gasteiger charge is -2.19. The summed E-state index contributed by atoms with van der Waals surface area (Å²) in [7, 11) is 0. The number of unbranched alkanes of at least 4 members (excludes halogenated alkanes) is 1. The van der Waals surface area contributed by atoms with Crippen LogP contribution in [-0.4, -0.2) is 37.9 Å². The van der Waals surface area contributed by atoms with Crippen LogP contribution in [0.2, 0.25) is 0 Å². The Kier molecular flexibility index (Phi) is 8.97. The van der Waals surface area contributed by atoms with E-state index in [9.17, 15) is 4.79 Å². The van der Waals surface area contributed by atoms with E-state index in [4.69, 9.17) is 20.9 Å². The molecular formula is C13H28N2O3. The fraction of sp³-hybridized carbons (Fsp3) is 0.923. The number of primary amides is 1. The summed E-state index contributed by atoms with van der Waals surface area (Å²) < 4.78 is 10.8. The lowest BCUT2D eigenvalue weighted by molar-refractivity contribution is -0.122. The van der Waals surface area contributed by atoms with Gasteiger partial charge in [0.25, 0.3) is 0 Å². The third-order valence-electron chi connectivity index (χ3n) is 2.62. The quantitative estimate of drug-likeness (QED) is 0.543. The van der Waals surface area contributed by atoms with E-state index in [0.717, 1.165) is 19.4 Å². The summed E-state index contributed by atoms with van der Waals surface area (Å²) in [5.74, 6) is 0.103. The van der Waals surface area contributed by atoms with Crippen LogP contribution in [0, 0.1) is 5.92 Å². The molecule has 0 spiro atoms. The zero-order chi connectivity index (χ0) is 14.0. The molecule has 1 unspecified atom stereocenters. The normalized spacial score (nSPS) is 14.7. The van der Waals surface area contributed by atoms with E-state index in [1.165, 1.54) is 0 Å². The largest absolute Gasteiger partial charge is 0.379 e. The maximum Gasteiger partial charge on any atom is 0.237 e. The molecule has 5 nitrogen and oxygen atoms in total. The van der Waals surface area contributed by atoms with E-state index in [1.807, 2.05) is 0 Å². The molecule has 1 atom stereocenters. The van der Waals surface area contributed by atoms with Crippen LogP contribution >= 0.6 is 0 Å². The molecule has 1 amide bonds. The highest BCUT2D eigenvalue weighted by atomic mass is 16.5. The molecule has 0 heterocycles. The smallest absolute Gasteiger partial charge is 0.237 e. The fourth-order valence-corrected chi connectivity index (χ4v) is 1.36. The van der Waals surface area contributed by atoms with Gasteiger partial charge in [0, 0.05) is 13.2 Å². The molecule has 0 saturated carbocycles. The third-order valence-corrected chi connectivity index (χ3v) is 2.62. The van der Waals surface area contributed by atoms with Gasteiger partial charge < -0.3 is 20.9 Å². The molecule has 0 aliphatic rings. The molecule has 18 heavy (non-hydrogen) atoms. The maximum absolute atomic E-state index is 11.0. The monoisotopic (exact) mass is 260 g/mol. The summed E-state index contributed by atoms with van der Waals surface area (Å²) in [5.41, 5.74) is 10.0. The summed E-state index contributed by atoms with van der Waals surface area (Å²) in [5, 5.41) is 0. The number of hydrogen-bond donors (Lipinski definition) is 2. The summed E-state index contributed by atoms with van der Waals surface area (Å²) in [4.78, 5) is 11.0. The van der Waals surface area contributed by atoms with Gasteiger partial charge >= 0.3 is 0 Å². The van der Waals surface area contributed by atoms with E-state index >= 15 is 0 Å². The minimum absolute atomic E-state index is 0.453. The van der Waals surface area contributed by atoms with E-state index < -0.39 is 11.4 Å². The highest BCUT2D eigenvalue weighted by Crippen LogP contribution is 2.09. The third kappa shape index (κ3) is 9.39. The van der Waals surface area contributed by atoms with Crippen molar-refractivity contribution in [2.24, 2.45) is 17.4 Å². The topological polar surface area (TPSA) is 87.6 Å². The van der Waals surface area contributed by atoms with Gasteiger partial charge in [-0.25, -0.2) is 0 Å². The Labute approximate surface area is 110 Å². The number of nitrogens with two attached hydrogens (primary N) is 2. The van der Waals surface area contributed by atoms with Crippen LogP contribution in [-0.2, 0) is 14.3 Å². The van der Waals surface area contributed by atoms with Crippen LogP contribution in [0.5, 0.6) is 0 Å². The molecular weight excluding hydrogens is 232 g/mol. The predicted octanol–water partition coefficient (Wildman–Crippen LogP) is 1.05. The maximum atomic E-state index is 11.0. The van der Waals surface area contributed by atoms with Crippen LogP contribution in [0.25, 0.3) is 0 Å². The van der Waals surface area contributed by atoms with E-state index in [2.05, 4.69) is 13.8 Å². The molecule has 0 rings (SSSR count). The molecule has 0 saturated heterocycles. The van der Waals surface area contributed by atoms with Gasteiger partial charge in [-0.05, 0) is 32.1 Å². The standard InChI is InChI=1S/C13H28N2O3/c1-11(2)10-18-9-8-17-7-5-4-6-13(3,15)12(14)16/h11H,4-10,15H2,1-3H3,(H2,14,16). The van der Waals surface area contributed by atoms with Gasteiger partial charge in [-0.1, -0.05) is 13.8 Å². The number of rotatable bonds is 11. The van der Waals surface area contributed by atoms with Crippen molar-refractivity contribution in [3.8, 4) is 0 Å². The first-order chi connectivity index (χ1) is 8.36. The first-order valence-corrected chi connectivity index (χ1v) is 6.60. The molecule has 0 bridgehead atoms. The second-order valence-electron chi connectivity index (χ2n) is 5.32. The first-order valence-electron chi connectivity index (χ1n) is 6.60. The number of ether oxygens (including phenoxy) is 2. The fourth-order valence-electron chi connectivity index (χ4n) is 1.36. The molecule has 0 aromatic carbocycles. The van der Waals surface area contributed by atoms with Gasteiger partial charge in [0.2, 0.25) is 5.91 Å². The highest BCUT2D eigenvalue weighted by Gasteiger charge is 2.24. The van der Waals surface area contributed by atoms with Crippen molar-refractivity contribution < 1.29 is 14.3 Å². The lowest BCUT2D eigenvalue weighted by Crippen LogP contribution is -2.49. The van der Waals surface area contributed by atoms with Crippen LogP contribution in [0.4, 0.5) is 0 Å². The Balaban J connectivity index is 3.29. The van der Waals surface area contributed by atoms with Crippen molar-refractivity contribution in [2.75, 3.05) is 26.4 Å². The molecule has 0 radical (unpaired) electrons. The van der Waals surface area contributed by atoms with Gasteiger partial charge in [0.05, 0.1) is 18.8 Å². The SMILES string of the molecule is CC(C)COCCOCCCCC(C)(N)C(N)=O. The average molecular weight is 260 g/mol. The van der Waals surface area contributed by atoms with Crippen molar-refractivity contribution in [2.45, 2.75) is 45.6 Å². The van der Waals surface area contributed by atoms with Crippen molar-refractivity contribution in [3.05, 3.63) is 0 Å². The van der Waals surface area contributed by atoms with Crippen molar-refractivity contribution in [3.63, 3.8) is 0 Å². The number of amides is 1. The number of hydrogen-bond acceptors (Lipinski definition) is 4. The Hall–Kier alpha value is -0.650. The Morgan fingerprint density at radius 3 is 2.33 bits per heavy atom. The molecule has 4 N–H and O–H groups in total. The van der Waals surface area contributed by atoms with Crippen molar-refractivity contribution >= 4 is 5.91 Å². The minimum Gasteiger partial charge on any atom is -0.379 e. The molecule has 0 aromatic rings. The van der Waals surface area contributed by atoms with E-state index in [-0.39, 0.29) is 0 Å². The lowest BCUT2D eigenvalue weighted by atomic mass is 9.96. The molecule has 0 aliphatic carbocycles. The molecule has 0 aromatic heterocycles. The van der Waals surface area contributed by atoms with Crippen LogP contribution < -0.4 is 11.5 Å². The summed E-state index contributed by atoms with van der Waals surface area (Å²) in [6.45, 7) is 8.58. The van der Waals surface area contributed by atoms with E-state index in [0.29, 0.717) is 32.2 Å². The second-order valence-corrected chi connectivity index (χ2v) is 5.32. The van der Waals surface area contributed by atoms with Crippen LogP contribution in [0.15, 0.2) is 0 Å². The van der Waals surface area contributed by atoms with Crippen molar-refractivity contribution in [1.82, 2.24) is 0 Å². The average Bonchev–Trinajstić information content (AvgIpc) is 2.26. The second kappa shape index (κ2) is 9.30. The van der Waals surface area contributed by atoms with Gasteiger partial charge in [0.1, 0.15) is 0 Å². The van der Waals surface area contributed by atoms with Gasteiger partial charge in [0.15, 0.2) is 0 Å². The molecule has 0 fully saturated rings. The Morgan fingerprint density at radius 2 is 1.78 bits per heavy atom. The molecule has 5 heteroatoms. The van der Waals surface area contributed by atoms with Gasteiger partial charge in [-0.3, -0.25) is 4.79 Å². The molecule has 108 valence electrons. The zero-order valence-electron chi connectivity index (χ0n) is 11.9.